The summed E-state index contributed by atoms with van der Waals surface area (Å²) < 4.78 is 0. The second kappa shape index (κ2) is 5.21. The van der Waals surface area contributed by atoms with Crippen molar-refractivity contribution in [3.8, 4) is 0 Å². The van der Waals surface area contributed by atoms with Crippen LogP contribution in [0.4, 0.5) is 0 Å². The van der Waals surface area contributed by atoms with Crippen molar-refractivity contribution in [1.82, 2.24) is 10.2 Å². The largest absolute Gasteiger partial charge is 0.308 e. The van der Waals surface area contributed by atoms with E-state index >= 15 is 0 Å². The van der Waals surface area contributed by atoms with Gasteiger partial charge in [-0.25, -0.2) is 0 Å². The number of nitrogens with zero attached hydrogens (tertiary/aromatic N) is 1. The monoisotopic (exact) mass is 262 g/mol. The van der Waals surface area contributed by atoms with Crippen LogP contribution in [-0.4, -0.2) is 35.6 Å². The minimum absolute atomic E-state index is 0.405. The fraction of sp³-hybridized carbons (Fsp3) is 0.882. The Bertz CT molecular complexity index is 339. The zero-order valence-electron chi connectivity index (χ0n) is 12.8. The number of hydrogen-bond donors (Lipinski definition) is 1. The highest BCUT2D eigenvalue weighted by Gasteiger charge is 2.51. The molecule has 1 heterocycles. The maximum absolute atomic E-state index is 3.99. The van der Waals surface area contributed by atoms with Crippen molar-refractivity contribution < 1.29 is 0 Å². The van der Waals surface area contributed by atoms with Crippen LogP contribution in [0.15, 0.2) is 12.2 Å². The fourth-order valence-corrected chi connectivity index (χ4v) is 4.26. The van der Waals surface area contributed by atoms with Gasteiger partial charge in [0.2, 0.25) is 0 Å². The van der Waals surface area contributed by atoms with Gasteiger partial charge in [0.05, 0.1) is 0 Å². The molecule has 2 heteroatoms. The summed E-state index contributed by atoms with van der Waals surface area (Å²) in [4.78, 5) is 2.80. The summed E-state index contributed by atoms with van der Waals surface area (Å²) in [5.41, 5.74) is 0.844. The molecule has 0 aromatic carbocycles. The highest BCUT2D eigenvalue weighted by atomic mass is 15.3. The number of allylic oxidation sites excluding steroid dienone is 1. The predicted molar refractivity (Wildman–Crippen MR) is 81.3 cm³/mol. The first-order valence-electron chi connectivity index (χ1n) is 8.30. The molecule has 0 amide bonds. The van der Waals surface area contributed by atoms with Crippen molar-refractivity contribution in [3.05, 3.63) is 12.2 Å². The Balaban J connectivity index is 1.75. The summed E-state index contributed by atoms with van der Waals surface area (Å²) >= 11 is 0. The van der Waals surface area contributed by atoms with Crippen molar-refractivity contribution in [3.63, 3.8) is 0 Å². The minimum atomic E-state index is 0.405. The minimum Gasteiger partial charge on any atom is -0.308 e. The van der Waals surface area contributed by atoms with Crippen LogP contribution in [0, 0.1) is 5.92 Å². The molecule has 1 unspecified atom stereocenters. The van der Waals surface area contributed by atoms with Crippen LogP contribution in [0.3, 0.4) is 0 Å². The third kappa shape index (κ3) is 2.62. The fourth-order valence-electron chi connectivity index (χ4n) is 4.26. The van der Waals surface area contributed by atoms with Crippen molar-refractivity contribution in [2.45, 2.75) is 69.9 Å². The lowest BCUT2D eigenvalue weighted by atomic mass is 9.76. The molecule has 2 nitrogen and oxygen atoms in total. The first kappa shape index (κ1) is 13.6. The van der Waals surface area contributed by atoms with Gasteiger partial charge < -0.3 is 5.32 Å². The van der Waals surface area contributed by atoms with Crippen LogP contribution in [0.1, 0.15) is 58.8 Å². The second-order valence-corrected chi connectivity index (χ2v) is 7.28. The number of nitrogens with one attached hydrogen (secondary N) is 1. The van der Waals surface area contributed by atoms with Crippen molar-refractivity contribution in [2.75, 3.05) is 19.6 Å². The molecule has 2 saturated carbocycles. The molecule has 3 fully saturated rings. The average Bonchev–Trinajstić information content (AvgIpc) is 3.26. The highest BCUT2D eigenvalue weighted by molar-refractivity contribution is 5.10. The van der Waals surface area contributed by atoms with E-state index in [1.807, 2.05) is 0 Å². The molecule has 19 heavy (non-hydrogen) atoms. The standard InChI is InChI=1S/C17H30N2/c1-3-4-12-19-14-17(10-6-5-7-11-17)18-13-16(19,2)15-8-9-15/h3-4,15,18H,5-14H2,1-2H3/b4-3+. The van der Waals surface area contributed by atoms with Gasteiger partial charge in [-0.1, -0.05) is 31.4 Å². The molecule has 1 saturated heterocycles. The van der Waals surface area contributed by atoms with Gasteiger partial charge in [-0.15, -0.1) is 0 Å². The molecule has 3 rings (SSSR count). The van der Waals surface area contributed by atoms with Gasteiger partial charge in [0.15, 0.2) is 0 Å². The van der Waals surface area contributed by atoms with E-state index in [0.717, 1.165) is 12.5 Å². The molecule has 0 aromatic rings. The van der Waals surface area contributed by atoms with Gasteiger partial charge in [0.25, 0.3) is 0 Å². The van der Waals surface area contributed by atoms with Crippen LogP contribution in [0.25, 0.3) is 0 Å². The predicted octanol–water partition coefficient (Wildman–Crippen LogP) is 3.34. The van der Waals surface area contributed by atoms with Gasteiger partial charge in [-0.3, -0.25) is 4.90 Å². The van der Waals surface area contributed by atoms with E-state index < -0.39 is 0 Å². The molecule has 1 N–H and O–H groups in total. The lowest BCUT2D eigenvalue weighted by Crippen LogP contribution is -2.70. The molecule has 0 radical (unpaired) electrons. The number of rotatable bonds is 3. The zero-order valence-corrected chi connectivity index (χ0v) is 12.8. The summed E-state index contributed by atoms with van der Waals surface area (Å²) in [7, 11) is 0. The summed E-state index contributed by atoms with van der Waals surface area (Å²) in [6.45, 7) is 8.26. The number of hydrogen-bond acceptors (Lipinski definition) is 2. The van der Waals surface area contributed by atoms with E-state index in [0.29, 0.717) is 11.1 Å². The maximum atomic E-state index is 3.99. The summed E-state index contributed by atoms with van der Waals surface area (Å²) in [6, 6.07) is 0. The second-order valence-electron chi connectivity index (χ2n) is 7.28. The molecule has 1 aliphatic heterocycles. The molecular formula is C17H30N2. The summed E-state index contributed by atoms with van der Waals surface area (Å²) in [5.74, 6) is 0.936. The van der Waals surface area contributed by atoms with Gasteiger partial charge in [0.1, 0.15) is 0 Å². The average molecular weight is 262 g/mol. The lowest BCUT2D eigenvalue weighted by Gasteiger charge is -2.55. The SMILES string of the molecule is C/C=C/CN1CC2(CCCCC2)NCC1(C)C1CC1. The van der Waals surface area contributed by atoms with E-state index in [1.54, 1.807) is 0 Å². The Morgan fingerprint density at radius 2 is 1.95 bits per heavy atom. The van der Waals surface area contributed by atoms with Gasteiger partial charge >= 0.3 is 0 Å². The number of piperazine rings is 1. The van der Waals surface area contributed by atoms with E-state index in [1.165, 1.54) is 58.0 Å². The van der Waals surface area contributed by atoms with Gasteiger partial charge in [0, 0.05) is 30.7 Å². The first-order chi connectivity index (χ1) is 9.19. The Morgan fingerprint density at radius 3 is 2.58 bits per heavy atom. The van der Waals surface area contributed by atoms with E-state index in [2.05, 4.69) is 36.2 Å². The van der Waals surface area contributed by atoms with Crippen molar-refractivity contribution >= 4 is 0 Å². The lowest BCUT2D eigenvalue weighted by molar-refractivity contribution is -0.00357. The molecule has 2 aliphatic carbocycles. The van der Waals surface area contributed by atoms with Crippen molar-refractivity contribution in [2.24, 2.45) is 5.92 Å². The normalized spacial score (nSPS) is 36.1. The van der Waals surface area contributed by atoms with E-state index in [9.17, 15) is 0 Å². The molecule has 3 aliphatic rings. The van der Waals surface area contributed by atoms with Crippen LogP contribution in [0.2, 0.25) is 0 Å². The van der Waals surface area contributed by atoms with E-state index in [4.69, 9.17) is 0 Å². The third-order valence-corrected chi connectivity index (χ3v) is 5.87. The van der Waals surface area contributed by atoms with Crippen molar-refractivity contribution in [1.29, 1.82) is 0 Å². The van der Waals surface area contributed by atoms with Gasteiger partial charge in [-0.2, -0.15) is 0 Å². The maximum Gasteiger partial charge on any atom is 0.0338 e. The van der Waals surface area contributed by atoms with Crippen LogP contribution in [-0.2, 0) is 0 Å². The Hall–Kier alpha value is -0.340. The van der Waals surface area contributed by atoms with Crippen LogP contribution in [0.5, 0.6) is 0 Å². The Morgan fingerprint density at radius 1 is 1.21 bits per heavy atom. The molecule has 0 bridgehead atoms. The Labute approximate surface area is 118 Å². The van der Waals surface area contributed by atoms with E-state index in [-0.39, 0.29) is 0 Å². The zero-order chi connectivity index (χ0) is 13.3. The third-order valence-electron chi connectivity index (χ3n) is 5.87. The summed E-state index contributed by atoms with van der Waals surface area (Å²) in [5, 5.41) is 3.99. The summed E-state index contributed by atoms with van der Waals surface area (Å²) in [6.07, 6.45) is 14.5. The smallest absolute Gasteiger partial charge is 0.0338 e. The van der Waals surface area contributed by atoms with Crippen LogP contribution < -0.4 is 5.32 Å². The molecule has 0 aromatic heterocycles. The van der Waals surface area contributed by atoms with Crippen LogP contribution >= 0.6 is 0 Å². The molecule has 1 spiro atoms. The molecular weight excluding hydrogens is 232 g/mol. The quantitative estimate of drug-likeness (QED) is 0.785. The topological polar surface area (TPSA) is 15.3 Å². The highest BCUT2D eigenvalue weighted by Crippen LogP contribution is 2.46. The first-order valence-corrected chi connectivity index (χ1v) is 8.30. The molecule has 1 atom stereocenters. The van der Waals surface area contributed by atoms with Gasteiger partial charge in [-0.05, 0) is 45.4 Å². The molecule has 108 valence electrons. The Kier molecular flexibility index (Phi) is 3.74.